The molecule has 0 bridgehead atoms. The summed E-state index contributed by atoms with van der Waals surface area (Å²) in [6, 6.07) is 5.68. The second-order valence-corrected chi connectivity index (χ2v) is 5.43. The molecule has 0 radical (unpaired) electrons. The Bertz CT molecular complexity index is 517. The number of carboxylic acids is 1. The van der Waals surface area contributed by atoms with Gasteiger partial charge in [-0.15, -0.1) is 0 Å². The van der Waals surface area contributed by atoms with Gasteiger partial charge in [-0.25, -0.2) is 4.79 Å². The molecule has 5 heteroatoms. The van der Waals surface area contributed by atoms with Crippen LogP contribution in [0, 0.1) is 0 Å². The lowest BCUT2D eigenvalue weighted by Gasteiger charge is -2.24. The lowest BCUT2D eigenvalue weighted by Crippen LogP contribution is -2.28. The second-order valence-electron chi connectivity index (χ2n) is 5.03. The van der Waals surface area contributed by atoms with E-state index in [1.807, 2.05) is 18.2 Å². The third-order valence-corrected chi connectivity index (χ3v) is 3.75. The average Bonchev–Trinajstić information content (AvgIpc) is 2.61. The first-order chi connectivity index (χ1) is 9.56. The molecule has 1 heterocycles. The molecule has 0 atom stereocenters. The van der Waals surface area contributed by atoms with Crippen molar-refractivity contribution in [3.63, 3.8) is 0 Å². The minimum atomic E-state index is -0.958. The molecule has 0 amide bonds. The standard InChI is InChI=1S/C15H19ClN2O2/c1-17-7-2-8-18(10-9-17)14-5-3-12(11-13(14)16)4-6-15(19)20/h3-6,11H,2,7-10H2,1H3,(H,19,20)/b6-4+. The van der Waals surface area contributed by atoms with E-state index >= 15 is 0 Å². The average molecular weight is 295 g/mol. The smallest absolute Gasteiger partial charge is 0.328 e. The number of carbonyl (C=O) groups is 1. The summed E-state index contributed by atoms with van der Waals surface area (Å²) in [7, 11) is 2.13. The fourth-order valence-electron chi connectivity index (χ4n) is 2.34. The first-order valence-electron chi connectivity index (χ1n) is 6.70. The number of rotatable bonds is 3. The van der Waals surface area contributed by atoms with Crippen molar-refractivity contribution in [2.24, 2.45) is 0 Å². The summed E-state index contributed by atoms with van der Waals surface area (Å²) < 4.78 is 0. The molecule has 1 aromatic carbocycles. The van der Waals surface area contributed by atoms with Crippen molar-refractivity contribution >= 4 is 29.3 Å². The van der Waals surface area contributed by atoms with Gasteiger partial charge in [-0.3, -0.25) is 0 Å². The van der Waals surface area contributed by atoms with E-state index in [0.717, 1.165) is 49.9 Å². The van der Waals surface area contributed by atoms with Crippen LogP contribution in [0.4, 0.5) is 5.69 Å². The molecular formula is C15H19ClN2O2. The van der Waals surface area contributed by atoms with Gasteiger partial charge in [0.2, 0.25) is 0 Å². The molecule has 0 unspecified atom stereocenters. The molecule has 1 N–H and O–H groups in total. The Morgan fingerprint density at radius 3 is 2.80 bits per heavy atom. The fourth-order valence-corrected chi connectivity index (χ4v) is 2.65. The summed E-state index contributed by atoms with van der Waals surface area (Å²) in [5, 5.41) is 9.29. The molecule has 20 heavy (non-hydrogen) atoms. The van der Waals surface area contributed by atoms with E-state index in [1.165, 1.54) is 0 Å². The Balaban J connectivity index is 2.14. The van der Waals surface area contributed by atoms with E-state index in [0.29, 0.717) is 5.02 Å². The zero-order chi connectivity index (χ0) is 14.5. The zero-order valence-electron chi connectivity index (χ0n) is 11.6. The Kier molecular flexibility index (Phi) is 5.04. The lowest BCUT2D eigenvalue weighted by molar-refractivity contribution is -0.131. The Morgan fingerprint density at radius 1 is 1.30 bits per heavy atom. The van der Waals surface area contributed by atoms with Gasteiger partial charge < -0.3 is 14.9 Å². The van der Waals surface area contributed by atoms with Crippen LogP contribution >= 0.6 is 11.6 Å². The van der Waals surface area contributed by atoms with E-state index in [2.05, 4.69) is 16.8 Å². The third-order valence-electron chi connectivity index (χ3n) is 3.45. The quantitative estimate of drug-likeness (QED) is 0.870. The number of aliphatic carboxylic acids is 1. The van der Waals surface area contributed by atoms with Gasteiger partial charge in [0.15, 0.2) is 0 Å². The molecule has 0 saturated carbocycles. The maximum atomic E-state index is 10.5. The van der Waals surface area contributed by atoms with Gasteiger partial charge in [-0.2, -0.15) is 0 Å². The number of anilines is 1. The van der Waals surface area contributed by atoms with E-state index in [4.69, 9.17) is 16.7 Å². The van der Waals surface area contributed by atoms with Gasteiger partial charge in [-0.05, 0) is 43.8 Å². The molecule has 0 spiro atoms. The van der Waals surface area contributed by atoms with Crippen molar-refractivity contribution in [2.75, 3.05) is 38.1 Å². The van der Waals surface area contributed by atoms with Crippen LogP contribution < -0.4 is 4.90 Å². The number of hydrogen-bond acceptors (Lipinski definition) is 3. The highest BCUT2D eigenvalue weighted by atomic mass is 35.5. The van der Waals surface area contributed by atoms with Crippen molar-refractivity contribution < 1.29 is 9.90 Å². The van der Waals surface area contributed by atoms with Crippen LogP contribution in [0.5, 0.6) is 0 Å². The minimum absolute atomic E-state index is 0.669. The Hall–Kier alpha value is -1.52. The molecule has 1 aliphatic heterocycles. The van der Waals surface area contributed by atoms with Crippen LogP contribution in [0.1, 0.15) is 12.0 Å². The van der Waals surface area contributed by atoms with Crippen molar-refractivity contribution in [3.05, 3.63) is 34.9 Å². The summed E-state index contributed by atoms with van der Waals surface area (Å²) in [4.78, 5) is 15.1. The number of benzene rings is 1. The molecule has 1 saturated heterocycles. The van der Waals surface area contributed by atoms with Crippen LogP contribution in [0.3, 0.4) is 0 Å². The maximum absolute atomic E-state index is 10.5. The van der Waals surface area contributed by atoms with Gasteiger partial charge in [0.25, 0.3) is 0 Å². The lowest BCUT2D eigenvalue weighted by atomic mass is 10.1. The van der Waals surface area contributed by atoms with Gasteiger partial charge in [-0.1, -0.05) is 17.7 Å². The Morgan fingerprint density at radius 2 is 2.10 bits per heavy atom. The minimum Gasteiger partial charge on any atom is -0.478 e. The first kappa shape index (κ1) is 14.9. The van der Waals surface area contributed by atoms with E-state index in [1.54, 1.807) is 6.08 Å². The van der Waals surface area contributed by atoms with Crippen LogP contribution in [0.25, 0.3) is 6.08 Å². The third kappa shape index (κ3) is 3.99. The van der Waals surface area contributed by atoms with Gasteiger partial charge in [0, 0.05) is 25.7 Å². The molecule has 0 aromatic heterocycles. The van der Waals surface area contributed by atoms with Gasteiger partial charge in [0.1, 0.15) is 0 Å². The highest BCUT2D eigenvalue weighted by Gasteiger charge is 2.14. The monoisotopic (exact) mass is 294 g/mol. The molecule has 1 aromatic rings. The van der Waals surface area contributed by atoms with Crippen LogP contribution in [-0.4, -0.2) is 49.2 Å². The first-order valence-corrected chi connectivity index (χ1v) is 7.08. The summed E-state index contributed by atoms with van der Waals surface area (Å²) in [5.74, 6) is -0.958. The molecule has 2 rings (SSSR count). The maximum Gasteiger partial charge on any atom is 0.328 e. The number of carboxylic acid groups (broad SMARTS) is 1. The highest BCUT2D eigenvalue weighted by molar-refractivity contribution is 6.33. The molecule has 1 fully saturated rings. The summed E-state index contributed by atoms with van der Waals surface area (Å²) in [6.45, 7) is 4.08. The molecule has 108 valence electrons. The Labute approximate surface area is 124 Å². The fraction of sp³-hybridized carbons (Fsp3) is 0.400. The predicted octanol–water partition coefficient (Wildman–Crippen LogP) is 2.58. The van der Waals surface area contributed by atoms with E-state index in [-0.39, 0.29) is 0 Å². The largest absolute Gasteiger partial charge is 0.478 e. The van der Waals surface area contributed by atoms with E-state index < -0.39 is 5.97 Å². The number of nitrogens with zero attached hydrogens (tertiary/aromatic N) is 2. The van der Waals surface area contributed by atoms with Crippen molar-refractivity contribution in [2.45, 2.75) is 6.42 Å². The molecule has 4 nitrogen and oxygen atoms in total. The number of hydrogen-bond donors (Lipinski definition) is 1. The van der Waals surface area contributed by atoms with Crippen LogP contribution in [0.15, 0.2) is 24.3 Å². The molecule has 0 aliphatic carbocycles. The van der Waals surface area contributed by atoms with Gasteiger partial charge in [0.05, 0.1) is 10.7 Å². The summed E-state index contributed by atoms with van der Waals surface area (Å²) in [6.07, 6.45) is 3.79. The predicted molar refractivity (Wildman–Crippen MR) is 82.4 cm³/mol. The second kappa shape index (κ2) is 6.77. The molecular weight excluding hydrogens is 276 g/mol. The SMILES string of the molecule is CN1CCCN(c2ccc(/C=C/C(=O)O)cc2Cl)CC1. The van der Waals surface area contributed by atoms with Crippen molar-refractivity contribution in [3.8, 4) is 0 Å². The normalized spacial score (nSPS) is 17.4. The summed E-state index contributed by atoms with van der Waals surface area (Å²) in [5.41, 5.74) is 1.82. The van der Waals surface area contributed by atoms with Crippen molar-refractivity contribution in [1.82, 2.24) is 4.90 Å². The number of halogens is 1. The van der Waals surface area contributed by atoms with Gasteiger partial charge >= 0.3 is 5.97 Å². The topological polar surface area (TPSA) is 43.8 Å². The summed E-state index contributed by atoms with van der Waals surface area (Å²) >= 11 is 6.33. The van der Waals surface area contributed by atoms with E-state index in [9.17, 15) is 4.79 Å². The zero-order valence-corrected chi connectivity index (χ0v) is 12.3. The number of likely N-dealkylation sites (N-methyl/N-ethyl adjacent to an activating group) is 1. The molecule has 1 aliphatic rings. The highest BCUT2D eigenvalue weighted by Crippen LogP contribution is 2.28. The van der Waals surface area contributed by atoms with Crippen molar-refractivity contribution in [1.29, 1.82) is 0 Å². The van der Waals surface area contributed by atoms with Crippen LogP contribution in [0.2, 0.25) is 5.02 Å². The van der Waals surface area contributed by atoms with Crippen LogP contribution in [-0.2, 0) is 4.79 Å².